The van der Waals surface area contributed by atoms with Crippen molar-refractivity contribution < 1.29 is 17.7 Å². The molecule has 0 amide bonds. The van der Waals surface area contributed by atoms with Gasteiger partial charge in [-0.15, -0.1) is 0 Å². The molecule has 0 aliphatic heterocycles. The minimum absolute atomic E-state index is 0.0927. The summed E-state index contributed by atoms with van der Waals surface area (Å²) >= 11 is 0. The number of hydrogen-bond donors (Lipinski definition) is 1. The molecule has 4 nitrogen and oxygen atoms in total. The molecule has 3 rings (SSSR count). The summed E-state index contributed by atoms with van der Waals surface area (Å²) in [5, 5.41) is 3.83. The van der Waals surface area contributed by atoms with Crippen LogP contribution < -0.4 is 5.73 Å². The minimum atomic E-state index is -4.40. The van der Waals surface area contributed by atoms with Gasteiger partial charge < -0.3 is 10.3 Å². The minimum Gasteiger partial charge on any atom is -0.383 e. The lowest BCUT2D eigenvalue weighted by atomic mass is 10.1. The second-order valence-electron chi connectivity index (χ2n) is 5.84. The number of aryl methyl sites for hydroxylation is 1. The molecule has 0 radical (unpaired) electrons. The molecule has 3 aromatic rings. The van der Waals surface area contributed by atoms with Crippen molar-refractivity contribution in [3.63, 3.8) is 0 Å². The summed E-state index contributed by atoms with van der Waals surface area (Å²) in [5.74, 6) is 0.588. The van der Waals surface area contributed by atoms with E-state index in [0.29, 0.717) is 22.7 Å². The van der Waals surface area contributed by atoms with Gasteiger partial charge in [0.2, 0.25) is 0 Å². The number of halogens is 3. The van der Waals surface area contributed by atoms with Gasteiger partial charge in [-0.2, -0.15) is 13.2 Å². The number of hydrogen-bond acceptors (Lipinski definition) is 3. The third kappa shape index (κ3) is 4.63. The van der Waals surface area contributed by atoms with Crippen LogP contribution in [0.2, 0.25) is 0 Å². The predicted octanol–water partition coefficient (Wildman–Crippen LogP) is 4.91. The zero-order valence-corrected chi connectivity index (χ0v) is 14.4. The third-order valence-corrected chi connectivity index (χ3v) is 3.74. The first-order chi connectivity index (χ1) is 12.8. The maximum atomic E-state index is 12.7. The highest BCUT2D eigenvalue weighted by atomic mass is 19.4. The van der Waals surface area contributed by atoms with Crippen LogP contribution in [0.5, 0.6) is 0 Å². The van der Waals surface area contributed by atoms with E-state index in [2.05, 4.69) is 10.1 Å². The van der Waals surface area contributed by atoms with Crippen LogP contribution in [0.3, 0.4) is 0 Å². The molecule has 0 aliphatic rings. The number of benzene rings is 2. The molecule has 7 heteroatoms. The SMILES string of the molecule is Cc1cc(/C=C(/N=C(N)c2ccc(C(F)(F)F)cc2)c2ccccc2)on1. The van der Waals surface area contributed by atoms with Crippen LogP contribution in [-0.2, 0) is 6.18 Å². The van der Waals surface area contributed by atoms with Crippen LogP contribution in [0.1, 0.15) is 28.1 Å². The number of aromatic nitrogens is 1. The van der Waals surface area contributed by atoms with E-state index in [1.165, 1.54) is 12.1 Å². The number of nitrogens with two attached hydrogens (primary N) is 1. The van der Waals surface area contributed by atoms with E-state index in [1.807, 2.05) is 30.3 Å². The topological polar surface area (TPSA) is 64.4 Å². The maximum Gasteiger partial charge on any atom is 0.416 e. The van der Waals surface area contributed by atoms with Crippen molar-refractivity contribution in [1.82, 2.24) is 5.16 Å². The number of aliphatic imine (C=N–C) groups is 1. The van der Waals surface area contributed by atoms with E-state index in [-0.39, 0.29) is 5.84 Å². The Morgan fingerprint density at radius 2 is 1.70 bits per heavy atom. The Morgan fingerprint density at radius 1 is 1.04 bits per heavy atom. The average Bonchev–Trinajstić information content (AvgIpc) is 3.06. The standard InChI is InChI=1S/C20H16F3N3O/c1-13-11-17(27-26-13)12-18(14-5-3-2-4-6-14)25-19(24)15-7-9-16(10-8-15)20(21,22)23/h2-12H,1H3,(H2,24,25)/b18-12+. The van der Waals surface area contributed by atoms with E-state index in [4.69, 9.17) is 10.3 Å². The zero-order chi connectivity index (χ0) is 19.4. The van der Waals surface area contributed by atoms with Crippen molar-refractivity contribution >= 4 is 17.6 Å². The number of rotatable bonds is 4. The maximum absolute atomic E-state index is 12.7. The first-order valence-electron chi connectivity index (χ1n) is 8.05. The molecule has 2 N–H and O–H groups in total. The van der Waals surface area contributed by atoms with Crippen LogP contribution >= 0.6 is 0 Å². The largest absolute Gasteiger partial charge is 0.416 e. The lowest BCUT2D eigenvalue weighted by Crippen LogP contribution is -2.14. The third-order valence-electron chi connectivity index (χ3n) is 3.74. The summed E-state index contributed by atoms with van der Waals surface area (Å²) in [6.07, 6.45) is -2.73. The molecule has 0 atom stereocenters. The second-order valence-corrected chi connectivity index (χ2v) is 5.84. The molecule has 1 aromatic heterocycles. The fraction of sp³-hybridized carbons (Fsp3) is 0.100. The highest BCUT2D eigenvalue weighted by Gasteiger charge is 2.30. The highest BCUT2D eigenvalue weighted by Crippen LogP contribution is 2.29. The summed E-state index contributed by atoms with van der Waals surface area (Å²) in [7, 11) is 0. The molecule has 0 unspecified atom stereocenters. The Bertz CT molecular complexity index is 972. The molecule has 27 heavy (non-hydrogen) atoms. The van der Waals surface area contributed by atoms with Crippen molar-refractivity contribution in [1.29, 1.82) is 0 Å². The van der Waals surface area contributed by atoms with E-state index >= 15 is 0 Å². The summed E-state index contributed by atoms with van der Waals surface area (Å²) in [6.45, 7) is 1.79. The Hall–Kier alpha value is -3.35. The molecule has 138 valence electrons. The second kappa shape index (κ2) is 7.49. The number of nitrogens with zero attached hydrogens (tertiary/aromatic N) is 2. The van der Waals surface area contributed by atoms with Gasteiger partial charge in [-0.3, -0.25) is 0 Å². The Balaban J connectivity index is 1.98. The monoisotopic (exact) mass is 371 g/mol. The van der Waals surface area contributed by atoms with Crippen molar-refractivity contribution in [3.05, 3.63) is 88.8 Å². The molecule has 2 aromatic carbocycles. The molecule has 1 heterocycles. The van der Waals surface area contributed by atoms with E-state index < -0.39 is 11.7 Å². The molecule has 0 saturated carbocycles. The molecular weight excluding hydrogens is 355 g/mol. The molecule has 0 spiro atoms. The lowest BCUT2D eigenvalue weighted by molar-refractivity contribution is -0.137. The van der Waals surface area contributed by atoms with Gasteiger partial charge in [0.15, 0.2) is 5.76 Å². The van der Waals surface area contributed by atoms with Gasteiger partial charge in [0, 0.05) is 23.3 Å². The predicted molar refractivity (Wildman–Crippen MR) is 97.7 cm³/mol. The van der Waals surface area contributed by atoms with Gasteiger partial charge in [0.05, 0.1) is 17.0 Å². The molecule has 0 aliphatic carbocycles. The summed E-state index contributed by atoms with van der Waals surface area (Å²) in [4.78, 5) is 4.40. The van der Waals surface area contributed by atoms with Crippen molar-refractivity contribution in [2.24, 2.45) is 10.7 Å². The van der Waals surface area contributed by atoms with E-state index in [9.17, 15) is 13.2 Å². The summed E-state index contributed by atoms with van der Waals surface area (Å²) in [6, 6.07) is 15.5. The van der Waals surface area contributed by atoms with E-state index in [0.717, 1.165) is 17.7 Å². The van der Waals surface area contributed by atoms with Gasteiger partial charge in [-0.05, 0) is 19.1 Å². The van der Waals surface area contributed by atoms with Crippen LogP contribution in [0.15, 0.2) is 70.2 Å². The van der Waals surface area contributed by atoms with Crippen molar-refractivity contribution in [2.75, 3.05) is 0 Å². The first-order valence-corrected chi connectivity index (χ1v) is 8.05. The smallest absolute Gasteiger partial charge is 0.383 e. The van der Waals surface area contributed by atoms with Gasteiger partial charge in [-0.1, -0.05) is 47.6 Å². The quantitative estimate of drug-likeness (QED) is 0.524. The molecule has 0 fully saturated rings. The fourth-order valence-corrected chi connectivity index (χ4v) is 2.40. The van der Waals surface area contributed by atoms with Gasteiger partial charge >= 0.3 is 6.18 Å². The van der Waals surface area contributed by atoms with Crippen LogP contribution in [0.4, 0.5) is 13.2 Å². The Morgan fingerprint density at radius 3 is 2.26 bits per heavy atom. The summed E-state index contributed by atoms with van der Waals surface area (Å²) < 4.78 is 43.3. The first kappa shape index (κ1) is 18.4. The lowest BCUT2D eigenvalue weighted by Gasteiger charge is -2.08. The Labute approximate surface area is 153 Å². The van der Waals surface area contributed by atoms with Crippen LogP contribution in [0.25, 0.3) is 11.8 Å². The van der Waals surface area contributed by atoms with Gasteiger partial charge in [0.25, 0.3) is 0 Å². The normalized spacial score (nSPS) is 13.0. The van der Waals surface area contributed by atoms with Gasteiger partial charge in [0.1, 0.15) is 5.84 Å². The Kier molecular flexibility index (Phi) is 5.12. The molecule has 0 bridgehead atoms. The zero-order valence-electron chi connectivity index (χ0n) is 14.4. The molecule has 0 saturated heterocycles. The van der Waals surface area contributed by atoms with Crippen LogP contribution in [0, 0.1) is 6.92 Å². The van der Waals surface area contributed by atoms with Crippen molar-refractivity contribution in [3.8, 4) is 0 Å². The fourth-order valence-electron chi connectivity index (χ4n) is 2.40. The number of alkyl halides is 3. The average molecular weight is 371 g/mol. The summed E-state index contributed by atoms with van der Waals surface area (Å²) in [5.41, 5.74) is 7.68. The van der Waals surface area contributed by atoms with Crippen LogP contribution in [-0.4, -0.2) is 11.0 Å². The van der Waals surface area contributed by atoms with Crippen molar-refractivity contribution in [2.45, 2.75) is 13.1 Å². The van der Waals surface area contributed by atoms with E-state index in [1.54, 1.807) is 19.1 Å². The highest BCUT2D eigenvalue weighted by molar-refractivity contribution is 6.02. The molecular formula is C20H16F3N3O. The number of amidine groups is 1. The van der Waals surface area contributed by atoms with Gasteiger partial charge in [-0.25, -0.2) is 4.99 Å².